The second-order valence-electron chi connectivity index (χ2n) is 5.53. The molecule has 0 amide bonds. The number of nitrogens with two attached hydrogens (primary N) is 1. The first-order chi connectivity index (χ1) is 6.12. The lowest BCUT2D eigenvalue weighted by Gasteiger charge is -2.48. The first-order valence-electron chi connectivity index (χ1n) is 5.40. The molecule has 13 heavy (non-hydrogen) atoms. The van der Waals surface area contributed by atoms with Gasteiger partial charge in [-0.3, -0.25) is 0 Å². The van der Waals surface area contributed by atoms with Gasteiger partial charge in [-0.25, -0.2) is 0 Å². The Balaban J connectivity index is 2.12. The van der Waals surface area contributed by atoms with Gasteiger partial charge in [-0.05, 0) is 42.6 Å². The largest absolute Gasteiger partial charge is 0.381 e. The van der Waals surface area contributed by atoms with Gasteiger partial charge in [0.25, 0.3) is 0 Å². The monoisotopic (exact) mass is 183 g/mol. The maximum Gasteiger partial charge on any atom is 0.0497 e. The highest BCUT2D eigenvalue weighted by Gasteiger charge is 2.43. The van der Waals surface area contributed by atoms with E-state index in [1.807, 2.05) is 0 Å². The molecule has 0 aromatic carbocycles. The molecule has 1 aliphatic heterocycles. The lowest BCUT2D eigenvalue weighted by atomic mass is 9.61. The number of ether oxygens (including phenoxy) is 1. The normalized spacial score (nSPS) is 43.2. The fourth-order valence-electron chi connectivity index (χ4n) is 3.31. The van der Waals surface area contributed by atoms with E-state index < -0.39 is 0 Å². The van der Waals surface area contributed by atoms with Crippen molar-refractivity contribution in [2.24, 2.45) is 28.9 Å². The number of rotatable bonds is 1. The maximum absolute atomic E-state index is 5.83. The Hall–Kier alpha value is -0.0800. The van der Waals surface area contributed by atoms with E-state index in [2.05, 4.69) is 13.8 Å². The third-order valence-corrected chi connectivity index (χ3v) is 3.78. The fourth-order valence-corrected chi connectivity index (χ4v) is 3.31. The minimum Gasteiger partial charge on any atom is -0.381 e. The molecule has 0 spiro atoms. The summed E-state index contributed by atoms with van der Waals surface area (Å²) in [6.45, 7) is 7.51. The minimum absolute atomic E-state index is 0.519. The Morgan fingerprint density at radius 3 is 2.23 bits per heavy atom. The predicted molar refractivity (Wildman–Crippen MR) is 53.4 cm³/mol. The van der Waals surface area contributed by atoms with E-state index in [1.54, 1.807) is 0 Å². The second kappa shape index (κ2) is 3.25. The summed E-state index contributed by atoms with van der Waals surface area (Å²) < 4.78 is 5.61. The van der Waals surface area contributed by atoms with E-state index in [9.17, 15) is 0 Å². The van der Waals surface area contributed by atoms with Crippen molar-refractivity contribution in [1.29, 1.82) is 0 Å². The van der Waals surface area contributed by atoms with E-state index in [0.717, 1.165) is 37.5 Å². The Morgan fingerprint density at radius 2 is 1.77 bits per heavy atom. The first-order valence-corrected chi connectivity index (χ1v) is 5.40. The topological polar surface area (TPSA) is 35.2 Å². The van der Waals surface area contributed by atoms with Crippen molar-refractivity contribution in [3.8, 4) is 0 Å². The second-order valence-corrected chi connectivity index (χ2v) is 5.53. The quantitative estimate of drug-likeness (QED) is 0.671. The third-order valence-electron chi connectivity index (χ3n) is 3.78. The predicted octanol–water partition coefficient (Wildman–Crippen LogP) is 1.64. The molecular weight excluding hydrogens is 162 g/mol. The SMILES string of the molecule is CC1(C)CC2COCC(C1)C2CN. The summed E-state index contributed by atoms with van der Waals surface area (Å²) in [5.74, 6) is 2.20. The van der Waals surface area contributed by atoms with Crippen LogP contribution >= 0.6 is 0 Å². The Bertz CT molecular complexity index is 175. The molecule has 76 valence electrons. The van der Waals surface area contributed by atoms with Crippen LogP contribution in [0.15, 0.2) is 0 Å². The molecule has 2 N–H and O–H groups in total. The summed E-state index contributed by atoms with van der Waals surface area (Å²) in [5.41, 5.74) is 6.35. The Kier molecular flexibility index (Phi) is 2.37. The van der Waals surface area contributed by atoms with Crippen LogP contribution in [0.3, 0.4) is 0 Å². The van der Waals surface area contributed by atoms with Crippen molar-refractivity contribution in [2.75, 3.05) is 19.8 Å². The van der Waals surface area contributed by atoms with Gasteiger partial charge in [-0.2, -0.15) is 0 Å². The average Bonchev–Trinajstić information content (AvgIpc) is 2.01. The molecule has 2 fully saturated rings. The zero-order chi connectivity index (χ0) is 9.47. The van der Waals surface area contributed by atoms with Gasteiger partial charge in [0.1, 0.15) is 0 Å². The van der Waals surface area contributed by atoms with Gasteiger partial charge < -0.3 is 10.5 Å². The van der Waals surface area contributed by atoms with E-state index in [-0.39, 0.29) is 0 Å². The zero-order valence-electron chi connectivity index (χ0n) is 8.75. The van der Waals surface area contributed by atoms with E-state index >= 15 is 0 Å². The van der Waals surface area contributed by atoms with E-state index in [0.29, 0.717) is 5.41 Å². The molecule has 2 heteroatoms. The van der Waals surface area contributed by atoms with Gasteiger partial charge in [0.05, 0.1) is 0 Å². The van der Waals surface area contributed by atoms with Gasteiger partial charge in [0.15, 0.2) is 0 Å². The van der Waals surface area contributed by atoms with Gasteiger partial charge in [-0.1, -0.05) is 13.8 Å². The van der Waals surface area contributed by atoms with Crippen molar-refractivity contribution < 1.29 is 4.74 Å². The minimum atomic E-state index is 0.519. The first kappa shape index (κ1) is 9.47. The Labute approximate surface area is 80.8 Å². The summed E-state index contributed by atoms with van der Waals surface area (Å²) in [7, 11) is 0. The van der Waals surface area contributed by atoms with Crippen molar-refractivity contribution >= 4 is 0 Å². The van der Waals surface area contributed by atoms with E-state index in [4.69, 9.17) is 10.5 Å². The molecule has 0 aromatic heterocycles. The summed E-state index contributed by atoms with van der Waals surface area (Å²) in [4.78, 5) is 0. The summed E-state index contributed by atoms with van der Waals surface area (Å²) in [6.07, 6.45) is 2.59. The summed E-state index contributed by atoms with van der Waals surface area (Å²) >= 11 is 0. The van der Waals surface area contributed by atoms with Crippen molar-refractivity contribution in [1.82, 2.24) is 0 Å². The molecule has 2 aliphatic rings. The van der Waals surface area contributed by atoms with Crippen LogP contribution in [0, 0.1) is 23.2 Å². The molecule has 1 saturated carbocycles. The van der Waals surface area contributed by atoms with Crippen LogP contribution in [-0.2, 0) is 4.74 Å². The lowest BCUT2D eigenvalue weighted by Crippen LogP contribution is -2.47. The van der Waals surface area contributed by atoms with Crippen LogP contribution in [0.2, 0.25) is 0 Å². The van der Waals surface area contributed by atoms with Crippen LogP contribution in [-0.4, -0.2) is 19.8 Å². The molecule has 0 aromatic rings. The highest BCUT2D eigenvalue weighted by atomic mass is 16.5. The molecule has 2 atom stereocenters. The van der Waals surface area contributed by atoms with Crippen LogP contribution in [0.25, 0.3) is 0 Å². The van der Waals surface area contributed by atoms with Gasteiger partial charge in [0.2, 0.25) is 0 Å². The molecule has 2 rings (SSSR count). The fraction of sp³-hybridized carbons (Fsp3) is 1.00. The average molecular weight is 183 g/mol. The standard InChI is InChI=1S/C11H21NO/c1-11(2)3-8-6-13-7-9(4-11)10(8)5-12/h8-10H,3-7,12H2,1-2H3. The molecular formula is C11H21NO. The summed E-state index contributed by atoms with van der Waals surface area (Å²) in [5, 5.41) is 0. The smallest absolute Gasteiger partial charge is 0.0497 e. The number of hydrogen-bond acceptors (Lipinski definition) is 2. The van der Waals surface area contributed by atoms with Gasteiger partial charge in [-0.15, -0.1) is 0 Å². The molecule has 0 radical (unpaired) electrons. The van der Waals surface area contributed by atoms with E-state index in [1.165, 1.54) is 12.8 Å². The highest BCUT2D eigenvalue weighted by molar-refractivity contribution is 4.92. The molecule has 2 bridgehead atoms. The Morgan fingerprint density at radius 1 is 1.23 bits per heavy atom. The number of fused-ring (bicyclic) bond motifs is 2. The van der Waals surface area contributed by atoms with Crippen LogP contribution in [0.1, 0.15) is 26.7 Å². The lowest BCUT2D eigenvalue weighted by molar-refractivity contribution is -0.0866. The van der Waals surface area contributed by atoms with Crippen LogP contribution < -0.4 is 5.73 Å². The molecule has 2 unspecified atom stereocenters. The van der Waals surface area contributed by atoms with Gasteiger partial charge >= 0.3 is 0 Å². The molecule has 2 nitrogen and oxygen atoms in total. The zero-order valence-corrected chi connectivity index (χ0v) is 8.75. The van der Waals surface area contributed by atoms with Crippen molar-refractivity contribution in [3.63, 3.8) is 0 Å². The van der Waals surface area contributed by atoms with Gasteiger partial charge in [0, 0.05) is 13.2 Å². The van der Waals surface area contributed by atoms with Crippen LogP contribution in [0.5, 0.6) is 0 Å². The van der Waals surface area contributed by atoms with Crippen LogP contribution in [0.4, 0.5) is 0 Å². The molecule has 1 heterocycles. The van der Waals surface area contributed by atoms with Crippen molar-refractivity contribution in [2.45, 2.75) is 26.7 Å². The number of hydrogen-bond donors (Lipinski definition) is 1. The molecule has 1 aliphatic carbocycles. The third kappa shape index (κ3) is 1.75. The summed E-state index contributed by atoms with van der Waals surface area (Å²) in [6, 6.07) is 0. The molecule has 1 saturated heterocycles. The van der Waals surface area contributed by atoms with Crippen molar-refractivity contribution in [3.05, 3.63) is 0 Å². The maximum atomic E-state index is 5.83. The highest BCUT2D eigenvalue weighted by Crippen LogP contribution is 2.47.